The first-order valence-corrected chi connectivity index (χ1v) is 3.82. The van der Waals surface area contributed by atoms with Crippen LogP contribution in [0.4, 0.5) is 0 Å². The van der Waals surface area contributed by atoms with Crippen LogP contribution in [0.1, 0.15) is 12.8 Å². The zero-order chi connectivity index (χ0) is 7.82. The third kappa shape index (κ3) is 5.91. The summed E-state index contributed by atoms with van der Waals surface area (Å²) >= 11 is 3.93. The van der Waals surface area contributed by atoms with Crippen molar-refractivity contribution in [1.29, 1.82) is 0 Å². The molecule has 0 radical (unpaired) electrons. The minimum atomic E-state index is -0.261. The normalized spacial score (nSPS) is 9.40. The van der Waals surface area contributed by atoms with Crippen LogP contribution in [0.2, 0.25) is 0 Å². The van der Waals surface area contributed by atoms with Gasteiger partial charge >= 0.3 is 5.97 Å². The van der Waals surface area contributed by atoms with E-state index < -0.39 is 0 Å². The molecular weight excluding hydrogens is 152 g/mol. The molecule has 0 aliphatic rings. The Kier molecular flexibility index (Phi) is 6.74. The molecule has 0 aromatic carbocycles. The molecule has 0 saturated carbocycles. The first-order chi connectivity index (χ1) is 4.81. The molecule has 0 aliphatic carbocycles. The standard InChI is InChI=1S/C6H12O3S/c7-3-4-9-6(8)2-1-5-10/h7,10H,1-5H2. The van der Waals surface area contributed by atoms with Crippen LogP contribution in [-0.2, 0) is 9.53 Å². The molecule has 0 heterocycles. The van der Waals surface area contributed by atoms with Crippen molar-refractivity contribution in [1.82, 2.24) is 0 Å². The van der Waals surface area contributed by atoms with Gasteiger partial charge in [0.2, 0.25) is 0 Å². The number of aliphatic hydroxyl groups is 1. The van der Waals surface area contributed by atoms with Crippen LogP contribution in [0.25, 0.3) is 0 Å². The lowest BCUT2D eigenvalue weighted by atomic mass is 10.3. The zero-order valence-electron chi connectivity index (χ0n) is 5.75. The number of hydrogen-bond donors (Lipinski definition) is 2. The van der Waals surface area contributed by atoms with Crippen LogP contribution in [0.5, 0.6) is 0 Å². The Bertz CT molecular complexity index is 85.0. The lowest BCUT2D eigenvalue weighted by molar-refractivity contribution is -0.144. The van der Waals surface area contributed by atoms with Gasteiger partial charge in [-0.2, -0.15) is 12.6 Å². The van der Waals surface area contributed by atoms with E-state index in [0.29, 0.717) is 12.2 Å². The van der Waals surface area contributed by atoms with Gasteiger partial charge in [-0.25, -0.2) is 0 Å². The summed E-state index contributed by atoms with van der Waals surface area (Å²) in [5, 5.41) is 8.25. The molecule has 0 amide bonds. The molecule has 10 heavy (non-hydrogen) atoms. The largest absolute Gasteiger partial charge is 0.463 e. The number of thiol groups is 1. The predicted molar refractivity (Wildman–Crippen MR) is 41.1 cm³/mol. The van der Waals surface area contributed by atoms with Crippen molar-refractivity contribution in [2.45, 2.75) is 12.8 Å². The van der Waals surface area contributed by atoms with Gasteiger partial charge in [0.25, 0.3) is 0 Å². The number of carbonyl (C=O) groups excluding carboxylic acids is 1. The van der Waals surface area contributed by atoms with Gasteiger partial charge in [0.05, 0.1) is 6.61 Å². The average molecular weight is 164 g/mol. The summed E-state index contributed by atoms with van der Waals surface area (Å²) in [5.41, 5.74) is 0. The molecule has 0 bridgehead atoms. The van der Waals surface area contributed by atoms with Gasteiger partial charge in [-0.3, -0.25) is 4.79 Å². The Labute approximate surface area is 65.8 Å². The third-order valence-corrected chi connectivity index (χ3v) is 1.21. The van der Waals surface area contributed by atoms with Crippen LogP contribution >= 0.6 is 12.6 Å². The van der Waals surface area contributed by atoms with Crippen LogP contribution in [0.3, 0.4) is 0 Å². The molecule has 0 unspecified atom stereocenters. The Morgan fingerprint density at radius 2 is 2.30 bits per heavy atom. The monoisotopic (exact) mass is 164 g/mol. The number of esters is 1. The molecule has 0 fully saturated rings. The summed E-state index contributed by atoms with van der Waals surface area (Å²) in [4.78, 5) is 10.6. The fraction of sp³-hybridized carbons (Fsp3) is 0.833. The summed E-state index contributed by atoms with van der Waals surface area (Å²) in [6, 6.07) is 0. The van der Waals surface area contributed by atoms with Crippen molar-refractivity contribution in [2.75, 3.05) is 19.0 Å². The molecule has 0 atom stereocenters. The van der Waals surface area contributed by atoms with Crippen molar-refractivity contribution in [3.8, 4) is 0 Å². The first-order valence-electron chi connectivity index (χ1n) is 3.18. The molecule has 1 N–H and O–H groups in total. The second kappa shape index (κ2) is 6.89. The van der Waals surface area contributed by atoms with Crippen molar-refractivity contribution in [2.24, 2.45) is 0 Å². The lowest BCUT2D eigenvalue weighted by Crippen LogP contribution is -2.07. The Hall–Kier alpha value is -0.220. The fourth-order valence-electron chi connectivity index (χ4n) is 0.455. The van der Waals surface area contributed by atoms with Gasteiger partial charge in [-0.15, -0.1) is 0 Å². The molecule has 60 valence electrons. The van der Waals surface area contributed by atoms with Crippen LogP contribution in [0.15, 0.2) is 0 Å². The molecule has 0 aromatic rings. The molecule has 0 aromatic heterocycles. The van der Waals surface area contributed by atoms with E-state index in [2.05, 4.69) is 17.4 Å². The van der Waals surface area contributed by atoms with Crippen molar-refractivity contribution < 1.29 is 14.6 Å². The minimum Gasteiger partial charge on any atom is -0.463 e. The highest BCUT2D eigenvalue weighted by Crippen LogP contribution is 1.93. The molecule has 4 heteroatoms. The SMILES string of the molecule is O=C(CCCS)OCCO. The van der Waals surface area contributed by atoms with E-state index in [1.807, 2.05) is 0 Å². The molecule has 0 saturated heterocycles. The number of hydrogen-bond acceptors (Lipinski definition) is 4. The van der Waals surface area contributed by atoms with E-state index in [0.717, 1.165) is 6.42 Å². The smallest absolute Gasteiger partial charge is 0.305 e. The second-order valence-corrected chi connectivity index (χ2v) is 2.22. The van der Waals surface area contributed by atoms with Crippen LogP contribution in [-0.4, -0.2) is 30.0 Å². The van der Waals surface area contributed by atoms with Gasteiger partial charge in [0.15, 0.2) is 0 Å². The maximum Gasteiger partial charge on any atom is 0.305 e. The first kappa shape index (κ1) is 9.78. The van der Waals surface area contributed by atoms with E-state index in [1.165, 1.54) is 0 Å². The Morgan fingerprint density at radius 1 is 1.60 bits per heavy atom. The summed E-state index contributed by atoms with van der Waals surface area (Å²) in [6.07, 6.45) is 1.12. The highest BCUT2D eigenvalue weighted by atomic mass is 32.1. The van der Waals surface area contributed by atoms with Gasteiger partial charge in [-0.1, -0.05) is 0 Å². The summed E-state index contributed by atoms with van der Waals surface area (Å²) < 4.78 is 4.57. The van der Waals surface area contributed by atoms with Crippen LogP contribution < -0.4 is 0 Å². The quantitative estimate of drug-likeness (QED) is 0.452. The predicted octanol–water partition coefficient (Wildman–Crippen LogP) is 0.232. The number of carbonyl (C=O) groups is 1. The van der Waals surface area contributed by atoms with E-state index >= 15 is 0 Å². The van der Waals surface area contributed by atoms with Gasteiger partial charge < -0.3 is 9.84 Å². The van der Waals surface area contributed by atoms with Gasteiger partial charge in [0.1, 0.15) is 6.61 Å². The maximum atomic E-state index is 10.6. The van der Waals surface area contributed by atoms with Gasteiger partial charge in [0, 0.05) is 6.42 Å². The topological polar surface area (TPSA) is 46.5 Å². The molecular formula is C6H12O3S. The molecule has 3 nitrogen and oxygen atoms in total. The Morgan fingerprint density at radius 3 is 2.80 bits per heavy atom. The minimum absolute atomic E-state index is 0.103. The lowest BCUT2D eigenvalue weighted by Gasteiger charge is -1.99. The molecule has 0 aliphatic heterocycles. The van der Waals surface area contributed by atoms with E-state index in [-0.39, 0.29) is 19.2 Å². The van der Waals surface area contributed by atoms with Crippen molar-refractivity contribution in [3.05, 3.63) is 0 Å². The number of rotatable bonds is 5. The number of aliphatic hydroxyl groups excluding tert-OH is 1. The van der Waals surface area contributed by atoms with Gasteiger partial charge in [-0.05, 0) is 12.2 Å². The van der Waals surface area contributed by atoms with Crippen molar-refractivity contribution >= 4 is 18.6 Å². The Balaban J connectivity index is 3.09. The summed E-state index contributed by atoms with van der Waals surface area (Å²) in [6.45, 7) is -0.00196. The maximum absolute atomic E-state index is 10.6. The zero-order valence-corrected chi connectivity index (χ0v) is 6.64. The van der Waals surface area contributed by atoms with E-state index in [4.69, 9.17) is 5.11 Å². The molecule has 0 spiro atoms. The average Bonchev–Trinajstić information content (AvgIpc) is 1.97. The number of ether oxygens (including phenoxy) is 1. The third-order valence-electron chi connectivity index (χ3n) is 0.893. The summed E-state index contributed by atoms with van der Waals surface area (Å²) in [5.74, 6) is 0.428. The van der Waals surface area contributed by atoms with E-state index in [1.54, 1.807) is 0 Å². The van der Waals surface area contributed by atoms with E-state index in [9.17, 15) is 4.79 Å². The highest BCUT2D eigenvalue weighted by molar-refractivity contribution is 7.80. The molecule has 0 rings (SSSR count). The fourth-order valence-corrected chi connectivity index (χ4v) is 0.613. The summed E-state index contributed by atoms with van der Waals surface area (Å²) in [7, 11) is 0. The highest BCUT2D eigenvalue weighted by Gasteiger charge is 1.99. The van der Waals surface area contributed by atoms with Crippen molar-refractivity contribution in [3.63, 3.8) is 0 Å². The van der Waals surface area contributed by atoms with Crippen LogP contribution in [0, 0.1) is 0 Å². The second-order valence-electron chi connectivity index (χ2n) is 1.77.